The third-order valence-corrected chi connectivity index (χ3v) is 4.07. The van der Waals surface area contributed by atoms with Crippen molar-refractivity contribution in [2.45, 2.75) is 38.1 Å². The first kappa shape index (κ1) is 13.3. The van der Waals surface area contributed by atoms with E-state index >= 15 is 0 Å². The molecule has 3 heteroatoms. The van der Waals surface area contributed by atoms with Crippen LogP contribution in [-0.4, -0.2) is 62.7 Å². The van der Waals surface area contributed by atoms with E-state index in [0.29, 0.717) is 0 Å². The molecule has 0 spiro atoms. The van der Waals surface area contributed by atoms with Crippen LogP contribution in [0.3, 0.4) is 0 Å². The summed E-state index contributed by atoms with van der Waals surface area (Å²) >= 11 is 0. The molecule has 0 amide bonds. The highest BCUT2D eigenvalue weighted by Crippen LogP contribution is 2.28. The van der Waals surface area contributed by atoms with Crippen LogP contribution in [0.5, 0.6) is 0 Å². The molecule has 3 nitrogen and oxygen atoms in total. The van der Waals surface area contributed by atoms with Gasteiger partial charge in [0.2, 0.25) is 0 Å². The molecule has 2 aliphatic rings. The zero-order valence-corrected chi connectivity index (χ0v) is 11.6. The largest absolute Gasteiger partial charge is 0.317 e. The highest BCUT2D eigenvalue weighted by Gasteiger charge is 2.30. The third-order valence-electron chi connectivity index (χ3n) is 4.07. The molecular formula is C14H29N3. The molecule has 0 aromatic carbocycles. The van der Waals surface area contributed by atoms with Crippen molar-refractivity contribution < 1.29 is 0 Å². The second-order valence-electron chi connectivity index (χ2n) is 6.08. The monoisotopic (exact) mass is 239 g/mol. The van der Waals surface area contributed by atoms with Crippen LogP contribution in [0.2, 0.25) is 0 Å². The number of rotatable bonds is 7. The first-order valence-corrected chi connectivity index (χ1v) is 7.35. The molecule has 2 rings (SSSR count). The Morgan fingerprint density at radius 3 is 2.29 bits per heavy atom. The van der Waals surface area contributed by atoms with Crippen molar-refractivity contribution in [3.63, 3.8) is 0 Å². The second kappa shape index (κ2) is 6.72. The molecule has 0 aromatic heterocycles. The molecule has 100 valence electrons. The minimum atomic E-state index is 0.937. The maximum atomic E-state index is 3.47. The molecule has 1 aliphatic heterocycles. The molecule has 17 heavy (non-hydrogen) atoms. The lowest BCUT2D eigenvalue weighted by Gasteiger charge is -2.30. The number of hydrogen-bond donors (Lipinski definition) is 1. The summed E-state index contributed by atoms with van der Waals surface area (Å²) in [4.78, 5) is 5.08. The van der Waals surface area contributed by atoms with Gasteiger partial charge in [0.1, 0.15) is 0 Å². The second-order valence-corrected chi connectivity index (χ2v) is 6.08. The van der Waals surface area contributed by atoms with Gasteiger partial charge in [-0.1, -0.05) is 0 Å². The summed E-state index contributed by atoms with van der Waals surface area (Å²) in [7, 11) is 4.35. The van der Waals surface area contributed by atoms with E-state index in [0.717, 1.165) is 12.0 Å². The van der Waals surface area contributed by atoms with Crippen molar-refractivity contribution >= 4 is 0 Å². The molecular weight excluding hydrogens is 210 g/mol. The smallest absolute Gasteiger partial charge is 0.00965 e. The van der Waals surface area contributed by atoms with Crippen molar-refractivity contribution in [1.29, 1.82) is 0 Å². The maximum Gasteiger partial charge on any atom is 0.00965 e. The van der Waals surface area contributed by atoms with E-state index in [1.165, 1.54) is 64.8 Å². The summed E-state index contributed by atoms with van der Waals surface area (Å²) in [6.07, 6.45) is 7.00. The fourth-order valence-electron chi connectivity index (χ4n) is 2.85. The van der Waals surface area contributed by atoms with Crippen LogP contribution < -0.4 is 5.32 Å². The van der Waals surface area contributed by atoms with Gasteiger partial charge in [0.15, 0.2) is 0 Å². The van der Waals surface area contributed by atoms with Gasteiger partial charge in [-0.15, -0.1) is 0 Å². The highest BCUT2D eigenvalue weighted by molar-refractivity contribution is 4.86. The van der Waals surface area contributed by atoms with E-state index < -0.39 is 0 Å². The predicted octanol–water partition coefficient (Wildman–Crippen LogP) is 1.40. The lowest BCUT2D eigenvalue weighted by atomic mass is 9.97. The van der Waals surface area contributed by atoms with Crippen LogP contribution >= 0.6 is 0 Å². The fraction of sp³-hybridized carbons (Fsp3) is 1.00. The van der Waals surface area contributed by atoms with Crippen LogP contribution in [0, 0.1) is 5.92 Å². The van der Waals surface area contributed by atoms with Gasteiger partial charge in [-0.3, -0.25) is 0 Å². The van der Waals surface area contributed by atoms with Gasteiger partial charge in [-0.05, 0) is 78.3 Å². The van der Waals surface area contributed by atoms with Crippen molar-refractivity contribution in [2.24, 2.45) is 5.92 Å². The average molecular weight is 239 g/mol. The topological polar surface area (TPSA) is 18.5 Å². The molecule has 2 fully saturated rings. The molecule has 1 saturated heterocycles. The zero-order chi connectivity index (χ0) is 12.1. The molecule has 1 saturated carbocycles. The summed E-state index contributed by atoms with van der Waals surface area (Å²) in [6, 6.07) is 0.937. The minimum absolute atomic E-state index is 0.937. The zero-order valence-electron chi connectivity index (χ0n) is 11.6. The summed E-state index contributed by atoms with van der Waals surface area (Å²) < 4.78 is 0. The predicted molar refractivity (Wildman–Crippen MR) is 73.4 cm³/mol. The summed E-state index contributed by atoms with van der Waals surface area (Å²) in [5, 5.41) is 3.47. The standard InChI is InChI=1S/C14H29N3/c1-16(2)10-3-11-17(14-4-5-14)12-13-6-8-15-9-7-13/h13-15H,3-12H2,1-2H3. The normalized spacial score (nSPS) is 22.6. The quantitative estimate of drug-likeness (QED) is 0.724. The van der Waals surface area contributed by atoms with E-state index in [4.69, 9.17) is 0 Å². The average Bonchev–Trinajstić information content (AvgIpc) is 3.12. The van der Waals surface area contributed by atoms with Gasteiger partial charge in [0, 0.05) is 12.6 Å². The molecule has 1 aliphatic carbocycles. The van der Waals surface area contributed by atoms with Gasteiger partial charge >= 0.3 is 0 Å². The van der Waals surface area contributed by atoms with Crippen LogP contribution in [0.15, 0.2) is 0 Å². The Hall–Kier alpha value is -0.120. The van der Waals surface area contributed by atoms with Gasteiger partial charge < -0.3 is 15.1 Å². The van der Waals surface area contributed by atoms with Crippen molar-refractivity contribution in [3.8, 4) is 0 Å². The van der Waals surface area contributed by atoms with Crippen molar-refractivity contribution in [2.75, 3.05) is 46.8 Å². The van der Waals surface area contributed by atoms with E-state index in [-0.39, 0.29) is 0 Å². The summed E-state index contributed by atoms with van der Waals surface area (Å²) in [5.74, 6) is 0.955. The fourth-order valence-corrected chi connectivity index (χ4v) is 2.85. The first-order valence-electron chi connectivity index (χ1n) is 7.35. The van der Waals surface area contributed by atoms with E-state index in [1.54, 1.807) is 0 Å². The van der Waals surface area contributed by atoms with E-state index in [1.807, 2.05) is 0 Å². The van der Waals surface area contributed by atoms with E-state index in [9.17, 15) is 0 Å². The van der Waals surface area contributed by atoms with E-state index in [2.05, 4.69) is 29.2 Å². The van der Waals surface area contributed by atoms with Gasteiger partial charge in [0.05, 0.1) is 0 Å². The maximum absolute atomic E-state index is 3.47. The van der Waals surface area contributed by atoms with Crippen LogP contribution in [0.1, 0.15) is 32.1 Å². The minimum Gasteiger partial charge on any atom is -0.317 e. The Kier molecular flexibility index (Phi) is 5.26. The molecule has 0 unspecified atom stereocenters. The Labute approximate surface area is 107 Å². The molecule has 0 atom stereocenters. The first-order chi connectivity index (χ1) is 8.25. The van der Waals surface area contributed by atoms with Gasteiger partial charge in [0.25, 0.3) is 0 Å². The summed E-state index contributed by atoms with van der Waals surface area (Å²) in [5.41, 5.74) is 0. The lowest BCUT2D eigenvalue weighted by molar-refractivity contribution is 0.189. The molecule has 1 heterocycles. The number of nitrogens with one attached hydrogen (secondary N) is 1. The Morgan fingerprint density at radius 1 is 1.00 bits per heavy atom. The Morgan fingerprint density at radius 2 is 1.71 bits per heavy atom. The van der Waals surface area contributed by atoms with Crippen LogP contribution in [0.4, 0.5) is 0 Å². The lowest BCUT2D eigenvalue weighted by Crippen LogP contribution is -2.38. The third kappa shape index (κ3) is 4.94. The van der Waals surface area contributed by atoms with Crippen molar-refractivity contribution in [3.05, 3.63) is 0 Å². The Balaban J connectivity index is 1.68. The van der Waals surface area contributed by atoms with Gasteiger partial charge in [-0.2, -0.15) is 0 Å². The highest BCUT2D eigenvalue weighted by atomic mass is 15.2. The molecule has 0 radical (unpaired) electrons. The Bertz CT molecular complexity index is 208. The van der Waals surface area contributed by atoms with Crippen molar-refractivity contribution in [1.82, 2.24) is 15.1 Å². The van der Waals surface area contributed by atoms with Crippen LogP contribution in [-0.2, 0) is 0 Å². The number of nitrogens with zero attached hydrogens (tertiary/aromatic N) is 2. The SMILES string of the molecule is CN(C)CCCN(CC1CCNCC1)C1CC1. The molecule has 0 aromatic rings. The summed E-state index contributed by atoms with van der Waals surface area (Å²) in [6.45, 7) is 6.38. The number of piperidine rings is 1. The van der Waals surface area contributed by atoms with Crippen LogP contribution in [0.25, 0.3) is 0 Å². The molecule has 1 N–H and O–H groups in total. The number of hydrogen-bond acceptors (Lipinski definition) is 3. The molecule has 0 bridgehead atoms. The van der Waals surface area contributed by atoms with Gasteiger partial charge in [-0.25, -0.2) is 0 Å².